The predicted molar refractivity (Wildman–Crippen MR) is 100 cm³/mol. The number of piperidine rings is 1. The summed E-state index contributed by atoms with van der Waals surface area (Å²) < 4.78 is 1.88. The molecule has 8 heteroatoms. The first-order valence-corrected chi connectivity index (χ1v) is 9.60. The Balaban J connectivity index is 2.02. The van der Waals surface area contributed by atoms with Gasteiger partial charge in [0.25, 0.3) is 5.91 Å². The highest BCUT2D eigenvalue weighted by Crippen LogP contribution is 2.19. The first-order valence-electron chi connectivity index (χ1n) is 9.60. The molecule has 1 fully saturated rings. The van der Waals surface area contributed by atoms with Gasteiger partial charge in [-0.15, -0.1) is 0 Å². The zero-order chi connectivity index (χ0) is 20.1. The third kappa shape index (κ3) is 4.87. The van der Waals surface area contributed by atoms with E-state index in [1.54, 1.807) is 18.0 Å². The lowest BCUT2D eigenvalue weighted by Crippen LogP contribution is -2.47. The van der Waals surface area contributed by atoms with Crippen LogP contribution in [-0.4, -0.2) is 69.2 Å². The lowest BCUT2D eigenvalue weighted by Gasteiger charge is -2.31. The zero-order valence-corrected chi connectivity index (χ0v) is 16.6. The summed E-state index contributed by atoms with van der Waals surface area (Å²) in [6, 6.07) is 2.00. The van der Waals surface area contributed by atoms with Gasteiger partial charge in [0.1, 0.15) is 0 Å². The molecule has 2 rings (SSSR count). The fourth-order valence-corrected chi connectivity index (χ4v) is 3.57. The largest absolute Gasteiger partial charge is 0.481 e. The van der Waals surface area contributed by atoms with Crippen LogP contribution < -0.4 is 0 Å². The molecule has 0 saturated carbocycles. The fraction of sp³-hybridized carbons (Fsp3) is 0.684. The highest BCUT2D eigenvalue weighted by atomic mass is 16.4. The van der Waals surface area contributed by atoms with Crippen LogP contribution in [0.5, 0.6) is 0 Å². The highest BCUT2D eigenvalue weighted by molar-refractivity contribution is 5.95. The summed E-state index contributed by atoms with van der Waals surface area (Å²) >= 11 is 0. The van der Waals surface area contributed by atoms with Gasteiger partial charge in [-0.3, -0.25) is 19.1 Å². The van der Waals surface area contributed by atoms with Crippen LogP contribution in [0.15, 0.2) is 6.07 Å². The molecule has 1 unspecified atom stereocenters. The summed E-state index contributed by atoms with van der Waals surface area (Å²) in [6.07, 6.45) is 3.11. The van der Waals surface area contributed by atoms with Crippen LogP contribution in [0, 0.1) is 12.8 Å². The van der Waals surface area contributed by atoms with Gasteiger partial charge in [0.05, 0.1) is 18.5 Å². The molecule has 2 heterocycles. The topological polar surface area (TPSA) is 95.7 Å². The van der Waals surface area contributed by atoms with Gasteiger partial charge in [-0.25, -0.2) is 0 Å². The van der Waals surface area contributed by atoms with Crippen molar-refractivity contribution in [2.24, 2.45) is 5.92 Å². The Labute approximate surface area is 160 Å². The van der Waals surface area contributed by atoms with Crippen LogP contribution in [-0.2, 0) is 9.59 Å². The van der Waals surface area contributed by atoms with Crippen LogP contribution in [0.25, 0.3) is 0 Å². The Kier molecular flexibility index (Phi) is 6.98. The number of aromatic nitrogens is 2. The van der Waals surface area contributed by atoms with Crippen molar-refractivity contribution < 1.29 is 19.5 Å². The highest BCUT2D eigenvalue weighted by Gasteiger charge is 2.29. The maximum absolute atomic E-state index is 12.7. The second kappa shape index (κ2) is 9.01. The van der Waals surface area contributed by atoms with Crippen molar-refractivity contribution in [3.05, 3.63) is 17.5 Å². The number of nitrogens with zero attached hydrogens (tertiary/aromatic N) is 4. The van der Waals surface area contributed by atoms with Crippen molar-refractivity contribution in [1.82, 2.24) is 19.6 Å². The molecule has 1 aromatic rings. The number of rotatable bonds is 7. The molecule has 0 aromatic carbocycles. The Hall–Kier alpha value is -2.38. The SMILES string of the molecule is CCC(CC)n1nc(C(=O)N(C)CC(=O)N2CCCC(C(=O)O)C2)cc1C. The summed E-state index contributed by atoms with van der Waals surface area (Å²) in [5.41, 5.74) is 1.25. The normalized spacial score (nSPS) is 17.2. The second-order valence-electron chi connectivity index (χ2n) is 7.26. The van der Waals surface area contributed by atoms with E-state index in [-0.39, 0.29) is 30.9 Å². The van der Waals surface area contributed by atoms with Crippen LogP contribution in [0.1, 0.15) is 61.8 Å². The quantitative estimate of drug-likeness (QED) is 0.782. The van der Waals surface area contributed by atoms with E-state index in [4.69, 9.17) is 5.11 Å². The van der Waals surface area contributed by atoms with Crippen LogP contribution in [0.3, 0.4) is 0 Å². The Morgan fingerprint density at radius 2 is 2.00 bits per heavy atom. The fourth-order valence-electron chi connectivity index (χ4n) is 3.57. The van der Waals surface area contributed by atoms with Gasteiger partial charge in [-0.1, -0.05) is 13.8 Å². The first kappa shape index (κ1) is 20.9. The molecule has 0 bridgehead atoms. The molecule has 1 N–H and O–H groups in total. The minimum Gasteiger partial charge on any atom is -0.481 e. The molecule has 150 valence electrons. The van der Waals surface area contributed by atoms with E-state index in [0.29, 0.717) is 25.1 Å². The Morgan fingerprint density at radius 1 is 1.33 bits per heavy atom. The van der Waals surface area contributed by atoms with Crippen molar-refractivity contribution in [2.75, 3.05) is 26.7 Å². The van der Waals surface area contributed by atoms with Crippen molar-refractivity contribution in [2.45, 2.75) is 52.5 Å². The van der Waals surface area contributed by atoms with Gasteiger partial charge in [-0.2, -0.15) is 5.10 Å². The molecule has 2 amide bonds. The molecule has 1 aliphatic rings. The number of carbonyl (C=O) groups is 3. The van der Waals surface area contributed by atoms with Crippen LogP contribution >= 0.6 is 0 Å². The van der Waals surface area contributed by atoms with E-state index in [1.807, 2.05) is 11.6 Å². The number of likely N-dealkylation sites (tertiary alicyclic amines) is 1. The standard InChI is InChI=1S/C19H30N4O4/c1-5-15(6-2)23-13(3)10-16(20-23)18(25)21(4)12-17(24)22-9-7-8-14(11-22)19(26)27/h10,14-15H,5-9,11-12H2,1-4H3,(H,26,27). The first-order chi connectivity index (χ1) is 12.8. The Morgan fingerprint density at radius 3 is 2.59 bits per heavy atom. The van der Waals surface area contributed by atoms with Gasteiger partial charge in [-0.05, 0) is 38.7 Å². The predicted octanol–water partition coefficient (Wildman–Crippen LogP) is 1.95. The molecule has 0 radical (unpaired) electrons. The van der Waals surface area contributed by atoms with Crippen LogP contribution in [0.4, 0.5) is 0 Å². The van der Waals surface area contributed by atoms with Gasteiger partial charge in [0.2, 0.25) is 5.91 Å². The summed E-state index contributed by atoms with van der Waals surface area (Å²) in [5.74, 6) is -1.93. The van der Waals surface area contributed by atoms with Crippen molar-refractivity contribution >= 4 is 17.8 Å². The maximum Gasteiger partial charge on any atom is 0.308 e. The van der Waals surface area contributed by atoms with E-state index in [2.05, 4.69) is 18.9 Å². The lowest BCUT2D eigenvalue weighted by molar-refractivity contribution is -0.145. The molecular weight excluding hydrogens is 348 g/mol. The average molecular weight is 378 g/mol. The molecule has 8 nitrogen and oxygen atoms in total. The number of hydrogen-bond acceptors (Lipinski definition) is 4. The number of aliphatic carboxylic acids is 1. The molecule has 1 aliphatic heterocycles. The molecule has 1 aromatic heterocycles. The molecule has 1 atom stereocenters. The summed E-state index contributed by atoms with van der Waals surface area (Å²) in [7, 11) is 1.57. The summed E-state index contributed by atoms with van der Waals surface area (Å²) in [5, 5.41) is 13.6. The van der Waals surface area contributed by atoms with Crippen molar-refractivity contribution in [1.29, 1.82) is 0 Å². The number of carbonyl (C=O) groups excluding carboxylic acids is 2. The number of aryl methyl sites for hydroxylation is 1. The van der Waals surface area contributed by atoms with E-state index in [0.717, 1.165) is 18.5 Å². The van der Waals surface area contributed by atoms with Crippen LogP contribution in [0.2, 0.25) is 0 Å². The number of hydrogen-bond donors (Lipinski definition) is 1. The summed E-state index contributed by atoms with van der Waals surface area (Å²) in [4.78, 5) is 39.2. The van der Waals surface area contributed by atoms with Gasteiger partial charge >= 0.3 is 5.97 Å². The average Bonchev–Trinajstić information content (AvgIpc) is 3.03. The molecule has 27 heavy (non-hydrogen) atoms. The second-order valence-corrected chi connectivity index (χ2v) is 7.26. The number of likely N-dealkylation sites (N-methyl/N-ethyl adjacent to an activating group) is 1. The maximum atomic E-state index is 12.7. The van der Waals surface area contributed by atoms with E-state index < -0.39 is 11.9 Å². The number of carboxylic acid groups (broad SMARTS) is 1. The van der Waals surface area contributed by atoms with Gasteiger partial charge in [0, 0.05) is 25.8 Å². The zero-order valence-electron chi connectivity index (χ0n) is 16.6. The molecule has 0 aliphatic carbocycles. The smallest absolute Gasteiger partial charge is 0.308 e. The molecule has 0 spiro atoms. The van der Waals surface area contributed by atoms with Crippen molar-refractivity contribution in [3.8, 4) is 0 Å². The minimum atomic E-state index is -0.876. The number of amides is 2. The number of carboxylic acids is 1. The Bertz CT molecular complexity index is 696. The van der Waals surface area contributed by atoms with E-state index >= 15 is 0 Å². The molecular formula is C19H30N4O4. The van der Waals surface area contributed by atoms with Gasteiger partial charge in [0.15, 0.2) is 5.69 Å². The van der Waals surface area contributed by atoms with E-state index in [9.17, 15) is 14.4 Å². The summed E-state index contributed by atoms with van der Waals surface area (Å²) in [6.45, 7) is 6.76. The monoisotopic (exact) mass is 378 g/mol. The molecule has 1 saturated heterocycles. The third-order valence-electron chi connectivity index (χ3n) is 5.27. The van der Waals surface area contributed by atoms with E-state index in [1.165, 1.54) is 4.90 Å². The minimum absolute atomic E-state index is 0.0813. The van der Waals surface area contributed by atoms with Gasteiger partial charge < -0.3 is 14.9 Å². The van der Waals surface area contributed by atoms with Crippen molar-refractivity contribution in [3.63, 3.8) is 0 Å². The lowest BCUT2D eigenvalue weighted by atomic mass is 9.98. The third-order valence-corrected chi connectivity index (χ3v) is 5.27.